The van der Waals surface area contributed by atoms with E-state index in [-0.39, 0.29) is 0 Å². The highest BCUT2D eigenvalue weighted by molar-refractivity contribution is 5.29. The SMILES string of the molecule is CCCOc1ccc(C2CCCC(NC)C2)cc1. The van der Waals surface area contributed by atoms with Gasteiger partial charge in [-0.25, -0.2) is 0 Å². The van der Waals surface area contributed by atoms with Crippen LogP contribution in [-0.4, -0.2) is 19.7 Å². The lowest BCUT2D eigenvalue weighted by Gasteiger charge is -2.29. The highest BCUT2D eigenvalue weighted by atomic mass is 16.5. The zero-order valence-electron chi connectivity index (χ0n) is 11.6. The Balaban J connectivity index is 1.96. The largest absolute Gasteiger partial charge is 0.494 e. The molecule has 2 nitrogen and oxygen atoms in total. The zero-order chi connectivity index (χ0) is 12.8. The summed E-state index contributed by atoms with van der Waals surface area (Å²) in [6, 6.07) is 9.42. The van der Waals surface area contributed by atoms with Gasteiger partial charge in [-0.1, -0.05) is 25.5 Å². The Kier molecular flexibility index (Phi) is 5.06. The Morgan fingerprint density at radius 3 is 2.67 bits per heavy atom. The molecule has 18 heavy (non-hydrogen) atoms. The lowest BCUT2D eigenvalue weighted by atomic mass is 9.81. The van der Waals surface area contributed by atoms with Gasteiger partial charge < -0.3 is 10.1 Å². The Morgan fingerprint density at radius 2 is 2.00 bits per heavy atom. The van der Waals surface area contributed by atoms with Crippen LogP contribution < -0.4 is 10.1 Å². The van der Waals surface area contributed by atoms with Gasteiger partial charge in [0.1, 0.15) is 5.75 Å². The summed E-state index contributed by atoms with van der Waals surface area (Å²) in [6.07, 6.45) is 6.32. The molecule has 0 aromatic heterocycles. The van der Waals surface area contributed by atoms with Crippen LogP contribution in [0.3, 0.4) is 0 Å². The second-order valence-corrected chi connectivity index (χ2v) is 5.27. The molecule has 100 valence electrons. The molecule has 0 spiro atoms. The van der Waals surface area contributed by atoms with Crippen molar-refractivity contribution in [3.63, 3.8) is 0 Å². The van der Waals surface area contributed by atoms with E-state index in [2.05, 4.69) is 43.6 Å². The maximum Gasteiger partial charge on any atom is 0.119 e. The molecule has 0 aliphatic heterocycles. The minimum absolute atomic E-state index is 0.694. The summed E-state index contributed by atoms with van der Waals surface area (Å²) in [5.74, 6) is 1.72. The first kappa shape index (κ1) is 13.4. The summed E-state index contributed by atoms with van der Waals surface area (Å²) in [7, 11) is 2.08. The fourth-order valence-corrected chi connectivity index (χ4v) is 2.81. The van der Waals surface area contributed by atoms with Crippen molar-refractivity contribution in [2.45, 2.75) is 51.0 Å². The Morgan fingerprint density at radius 1 is 1.22 bits per heavy atom. The van der Waals surface area contributed by atoms with Crippen LogP contribution in [0.1, 0.15) is 50.5 Å². The van der Waals surface area contributed by atoms with Crippen LogP contribution in [0, 0.1) is 0 Å². The average molecular weight is 247 g/mol. The van der Waals surface area contributed by atoms with Gasteiger partial charge in [-0.2, -0.15) is 0 Å². The number of rotatable bonds is 5. The number of hydrogen-bond acceptors (Lipinski definition) is 2. The smallest absolute Gasteiger partial charge is 0.119 e. The summed E-state index contributed by atoms with van der Waals surface area (Å²) in [5, 5.41) is 3.42. The van der Waals surface area contributed by atoms with E-state index in [4.69, 9.17) is 4.74 Å². The van der Waals surface area contributed by atoms with Crippen LogP contribution in [0.4, 0.5) is 0 Å². The lowest BCUT2D eigenvalue weighted by molar-refractivity contribution is 0.317. The van der Waals surface area contributed by atoms with E-state index in [9.17, 15) is 0 Å². The Bertz CT molecular complexity index is 347. The van der Waals surface area contributed by atoms with Crippen molar-refractivity contribution in [3.8, 4) is 5.75 Å². The maximum atomic E-state index is 5.63. The normalized spacial score (nSPS) is 23.9. The molecule has 1 N–H and O–H groups in total. The number of ether oxygens (including phenoxy) is 1. The number of nitrogens with one attached hydrogen (secondary N) is 1. The molecular weight excluding hydrogens is 222 g/mol. The van der Waals surface area contributed by atoms with E-state index in [0.717, 1.165) is 24.7 Å². The highest BCUT2D eigenvalue weighted by Gasteiger charge is 2.21. The van der Waals surface area contributed by atoms with Crippen LogP contribution in [-0.2, 0) is 0 Å². The summed E-state index contributed by atoms with van der Waals surface area (Å²) < 4.78 is 5.63. The first-order valence-corrected chi connectivity index (χ1v) is 7.23. The van der Waals surface area contributed by atoms with Gasteiger partial charge in [-0.3, -0.25) is 0 Å². The van der Waals surface area contributed by atoms with Gasteiger partial charge in [0.05, 0.1) is 6.61 Å². The molecule has 0 radical (unpaired) electrons. The van der Waals surface area contributed by atoms with Crippen molar-refractivity contribution >= 4 is 0 Å². The molecule has 1 fully saturated rings. The molecule has 0 amide bonds. The summed E-state index contributed by atoms with van der Waals surface area (Å²) >= 11 is 0. The lowest BCUT2D eigenvalue weighted by Crippen LogP contribution is -2.30. The molecule has 1 aromatic rings. The van der Waals surface area contributed by atoms with Crippen molar-refractivity contribution in [3.05, 3.63) is 29.8 Å². The third kappa shape index (κ3) is 3.49. The second kappa shape index (κ2) is 6.79. The zero-order valence-corrected chi connectivity index (χ0v) is 11.6. The summed E-state index contributed by atoms with van der Waals surface area (Å²) in [4.78, 5) is 0. The van der Waals surface area contributed by atoms with E-state index >= 15 is 0 Å². The summed E-state index contributed by atoms with van der Waals surface area (Å²) in [5.41, 5.74) is 1.47. The average Bonchev–Trinajstić information content (AvgIpc) is 2.46. The Hall–Kier alpha value is -1.02. The minimum Gasteiger partial charge on any atom is -0.494 e. The molecular formula is C16H25NO. The van der Waals surface area contributed by atoms with Gasteiger partial charge in [0.2, 0.25) is 0 Å². The van der Waals surface area contributed by atoms with Crippen molar-refractivity contribution < 1.29 is 4.74 Å². The minimum atomic E-state index is 0.694. The first-order chi connectivity index (χ1) is 8.83. The van der Waals surface area contributed by atoms with E-state index in [1.807, 2.05) is 0 Å². The van der Waals surface area contributed by atoms with Gasteiger partial charge in [-0.15, -0.1) is 0 Å². The Labute approximate surface area is 111 Å². The van der Waals surface area contributed by atoms with Crippen molar-refractivity contribution in [1.82, 2.24) is 5.32 Å². The van der Waals surface area contributed by atoms with Crippen molar-refractivity contribution in [1.29, 1.82) is 0 Å². The molecule has 1 aliphatic rings. The van der Waals surface area contributed by atoms with Crippen LogP contribution in [0.25, 0.3) is 0 Å². The van der Waals surface area contributed by atoms with Crippen LogP contribution in [0.5, 0.6) is 5.75 Å². The highest BCUT2D eigenvalue weighted by Crippen LogP contribution is 2.33. The van der Waals surface area contributed by atoms with Gasteiger partial charge in [0.15, 0.2) is 0 Å². The fourth-order valence-electron chi connectivity index (χ4n) is 2.81. The molecule has 2 heteroatoms. The first-order valence-electron chi connectivity index (χ1n) is 7.23. The second-order valence-electron chi connectivity index (χ2n) is 5.27. The van der Waals surface area contributed by atoms with Crippen molar-refractivity contribution in [2.24, 2.45) is 0 Å². The molecule has 2 rings (SSSR count). The predicted molar refractivity (Wildman–Crippen MR) is 76.3 cm³/mol. The molecule has 2 atom stereocenters. The topological polar surface area (TPSA) is 21.3 Å². The van der Waals surface area contributed by atoms with Crippen LogP contribution in [0.2, 0.25) is 0 Å². The molecule has 0 saturated heterocycles. The van der Waals surface area contributed by atoms with Crippen molar-refractivity contribution in [2.75, 3.05) is 13.7 Å². The van der Waals surface area contributed by atoms with Gasteiger partial charge in [-0.05, 0) is 56.3 Å². The van der Waals surface area contributed by atoms with Gasteiger partial charge in [0, 0.05) is 6.04 Å². The number of benzene rings is 1. The third-order valence-corrected chi connectivity index (χ3v) is 3.91. The maximum absolute atomic E-state index is 5.63. The van der Waals surface area contributed by atoms with E-state index in [1.54, 1.807) is 0 Å². The fraction of sp³-hybridized carbons (Fsp3) is 0.625. The van der Waals surface area contributed by atoms with E-state index in [1.165, 1.54) is 31.2 Å². The molecule has 2 unspecified atom stereocenters. The third-order valence-electron chi connectivity index (χ3n) is 3.91. The molecule has 1 saturated carbocycles. The molecule has 0 heterocycles. The van der Waals surface area contributed by atoms with E-state index < -0.39 is 0 Å². The van der Waals surface area contributed by atoms with Gasteiger partial charge >= 0.3 is 0 Å². The molecule has 0 bridgehead atoms. The predicted octanol–water partition coefficient (Wildman–Crippen LogP) is 3.72. The molecule has 1 aromatic carbocycles. The monoisotopic (exact) mass is 247 g/mol. The van der Waals surface area contributed by atoms with Gasteiger partial charge in [0.25, 0.3) is 0 Å². The standard InChI is InChI=1S/C16H25NO/c1-3-11-18-16-9-7-13(8-10-16)14-5-4-6-15(12-14)17-2/h7-10,14-15,17H,3-6,11-12H2,1-2H3. The van der Waals surface area contributed by atoms with E-state index in [0.29, 0.717) is 6.04 Å². The quantitative estimate of drug-likeness (QED) is 0.856. The van der Waals surface area contributed by atoms with Crippen LogP contribution in [0.15, 0.2) is 24.3 Å². The number of hydrogen-bond donors (Lipinski definition) is 1. The molecule has 1 aliphatic carbocycles. The summed E-state index contributed by atoms with van der Waals surface area (Å²) in [6.45, 7) is 2.94. The van der Waals surface area contributed by atoms with Crippen LogP contribution >= 0.6 is 0 Å².